The molecule has 0 saturated heterocycles. The monoisotopic (exact) mass is 290 g/mol. The normalized spacial score (nSPS) is 10.1. The van der Waals surface area contributed by atoms with Crippen molar-refractivity contribution in [3.8, 4) is 5.75 Å². The minimum Gasteiger partial charge on any atom is -0.493 e. The minimum atomic E-state index is 0.739. The van der Waals surface area contributed by atoms with E-state index in [9.17, 15) is 0 Å². The summed E-state index contributed by atoms with van der Waals surface area (Å²) in [7, 11) is 0. The lowest BCUT2D eigenvalue weighted by Gasteiger charge is -2.07. The Morgan fingerprint density at radius 1 is 1.31 bits per heavy atom. The van der Waals surface area contributed by atoms with Crippen LogP contribution in [0.2, 0.25) is 0 Å². The smallest absolute Gasteiger partial charge is 0.132 e. The van der Waals surface area contributed by atoms with Crippen LogP contribution < -0.4 is 4.74 Å². The molecule has 0 spiro atoms. The first-order valence-electron chi connectivity index (χ1n) is 4.69. The van der Waals surface area contributed by atoms with E-state index in [1.807, 2.05) is 6.92 Å². The first kappa shape index (κ1) is 10.8. The standard InChI is InChI=1S/C11H15IO/c1-3-5-9-6-7-11(13-4-2)10(12)8-9/h6-8H,3-5H2,1-2H3. The summed E-state index contributed by atoms with van der Waals surface area (Å²) in [5.74, 6) is 1.00. The number of aryl methyl sites for hydroxylation is 1. The van der Waals surface area contributed by atoms with Crippen LogP contribution in [0.15, 0.2) is 18.2 Å². The summed E-state index contributed by atoms with van der Waals surface area (Å²) in [6, 6.07) is 6.42. The van der Waals surface area contributed by atoms with E-state index in [1.165, 1.54) is 15.6 Å². The van der Waals surface area contributed by atoms with Crippen molar-refractivity contribution in [2.75, 3.05) is 6.61 Å². The number of benzene rings is 1. The molecular formula is C11H15IO. The zero-order chi connectivity index (χ0) is 9.68. The largest absolute Gasteiger partial charge is 0.493 e. The summed E-state index contributed by atoms with van der Waals surface area (Å²) in [5, 5.41) is 0. The fourth-order valence-electron chi connectivity index (χ4n) is 1.26. The van der Waals surface area contributed by atoms with Crippen LogP contribution in [0.25, 0.3) is 0 Å². The molecule has 0 radical (unpaired) electrons. The van der Waals surface area contributed by atoms with Crippen LogP contribution >= 0.6 is 22.6 Å². The lowest BCUT2D eigenvalue weighted by Crippen LogP contribution is -1.94. The molecule has 0 aliphatic carbocycles. The molecule has 0 aromatic heterocycles. The molecule has 0 atom stereocenters. The van der Waals surface area contributed by atoms with Gasteiger partial charge in [0.1, 0.15) is 5.75 Å². The van der Waals surface area contributed by atoms with E-state index in [0.717, 1.165) is 18.8 Å². The average molecular weight is 290 g/mol. The summed E-state index contributed by atoms with van der Waals surface area (Å²) < 4.78 is 6.68. The molecule has 0 aliphatic heterocycles. The number of halogens is 1. The zero-order valence-corrected chi connectivity index (χ0v) is 10.3. The summed E-state index contributed by atoms with van der Waals surface area (Å²) in [6.07, 6.45) is 2.35. The van der Waals surface area contributed by atoms with Gasteiger partial charge in [-0.3, -0.25) is 0 Å². The maximum atomic E-state index is 5.46. The molecule has 2 heteroatoms. The third-order valence-corrected chi connectivity index (χ3v) is 2.68. The highest BCUT2D eigenvalue weighted by atomic mass is 127. The van der Waals surface area contributed by atoms with Gasteiger partial charge in [-0.1, -0.05) is 19.4 Å². The third kappa shape index (κ3) is 3.18. The average Bonchev–Trinajstić information content (AvgIpc) is 2.10. The van der Waals surface area contributed by atoms with Gasteiger partial charge in [0.15, 0.2) is 0 Å². The Morgan fingerprint density at radius 3 is 2.62 bits per heavy atom. The Hall–Kier alpha value is -0.250. The number of hydrogen-bond donors (Lipinski definition) is 0. The Kier molecular flexibility index (Phi) is 4.56. The summed E-state index contributed by atoms with van der Waals surface area (Å²) in [4.78, 5) is 0. The highest BCUT2D eigenvalue weighted by Gasteiger charge is 2.00. The van der Waals surface area contributed by atoms with Gasteiger partial charge in [0.05, 0.1) is 10.2 Å². The van der Waals surface area contributed by atoms with Crippen molar-refractivity contribution in [3.05, 3.63) is 27.3 Å². The van der Waals surface area contributed by atoms with Crippen molar-refractivity contribution in [2.45, 2.75) is 26.7 Å². The second kappa shape index (κ2) is 5.47. The first-order chi connectivity index (χ1) is 6.27. The van der Waals surface area contributed by atoms with Crippen molar-refractivity contribution >= 4 is 22.6 Å². The van der Waals surface area contributed by atoms with Crippen LogP contribution in [0.1, 0.15) is 25.8 Å². The Morgan fingerprint density at radius 2 is 2.08 bits per heavy atom. The molecule has 0 N–H and O–H groups in total. The molecule has 72 valence electrons. The molecule has 0 heterocycles. The Balaban J connectivity index is 2.79. The van der Waals surface area contributed by atoms with E-state index in [4.69, 9.17) is 4.74 Å². The molecular weight excluding hydrogens is 275 g/mol. The van der Waals surface area contributed by atoms with Crippen LogP contribution in [-0.2, 0) is 6.42 Å². The molecule has 0 fully saturated rings. The van der Waals surface area contributed by atoms with E-state index in [0.29, 0.717) is 0 Å². The highest BCUT2D eigenvalue weighted by molar-refractivity contribution is 14.1. The fraction of sp³-hybridized carbons (Fsp3) is 0.455. The van der Waals surface area contributed by atoms with Gasteiger partial charge in [0.25, 0.3) is 0 Å². The van der Waals surface area contributed by atoms with E-state index >= 15 is 0 Å². The number of hydrogen-bond acceptors (Lipinski definition) is 1. The third-order valence-electron chi connectivity index (χ3n) is 1.83. The lowest BCUT2D eigenvalue weighted by atomic mass is 10.1. The molecule has 1 aromatic rings. The van der Waals surface area contributed by atoms with Crippen LogP contribution in [0, 0.1) is 3.57 Å². The van der Waals surface area contributed by atoms with Crippen molar-refractivity contribution in [2.24, 2.45) is 0 Å². The van der Waals surface area contributed by atoms with Crippen LogP contribution in [0.4, 0.5) is 0 Å². The molecule has 1 rings (SSSR count). The van der Waals surface area contributed by atoms with E-state index < -0.39 is 0 Å². The van der Waals surface area contributed by atoms with Gasteiger partial charge in [-0.25, -0.2) is 0 Å². The van der Waals surface area contributed by atoms with Gasteiger partial charge in [-0.15, -0.1) is 0 Å². The highest BCUT2D eigenvalue weighted by Crippen LogP contribution is 2.22. The van der Waals surface area contributed by atoms with Crippen molar-refractivity contribution < 1.29 is 4.74 Å². The molecule has 13 heavy (non-hydrogen) atoms. The molecule has 0 amide bonds. The fourth-order valence-corrected chi connectivity index (χ4v) is 2.00. The molecule has 0 saturated carbocycles. The predicted molar refractivity (Wildman–Crippen MR) is 64.3 cm³/mol. The molecule has 1 aromatic carbocycles. The molecule has 0 bridgehead atoms. The topological polar surface area (TPSA) is 9.23 Å². The van der Waals surface area contributed by atoms with E-state index in [-0.39, 0.29) is 0 Å². The van der Waals surface area contributed by atoms with Crippen LogP contribution in [0.5, 0.6) is 5.75 Å². The van der Waals surface area contributed by atoms with Gasteiger partial charge in [-0.2, -0.15) is 0 Å². The van der Waals surface area contributed by atoms with Crippen molar-refractivity contribution in [3.63, 3.8) is 0 Å². The van der Waals surface area contributed by atoms with Gasteiger partial charge < -0.3 is 4.74 Å². The Bertz CT molecular complexity index is 271. The SMILES string of the molecule is CCCc1ccc(OCC)c(I)c1. The quantitative estimate of drug-likeness (QED) is 0.769. The molecule has 1 nitrogen and oxygen atoms in total. The Labute approximate surface area is 93.6 Å². The van der Waals surface area contributed by atoms with Gasteiger partial charge >= 0.3 is 0 Å². The van der Waals surface area contributed by atoms with E-state index in [1.54, 1.807) is 0 Å². The van der Waals surface area contributed by atoms with Gasteiger partial charge in [-0.05, 0) is 53.6 Å². The number of ether oxygens (including phenoxy) is 1. The molecule has 0 aliphatic rings. The lowest BCUT2D eigenvalue weighted by molar-refractivity contribution is 0.337. The summed E-state index contributed by atoms with van der Waals surface area (Å²) in [6.45, 7) is 4.95. The zero-order valence-electron chi connectivity index (χ0n) is 8.14. The maximum Gasteiger partial charge on any atom is 0.132 e. The second-order valence-corrected chi connectivity index (χ2v) is 4.11. The van der Waals surface area contributed by atoms with Gasteiger partial charge in [0, 0.05) is 0 Å². The minimum absolute atomic E-state index is 0.739. The predicted octanol–water partition coefficient (Wildman–Crippen LogP) is 3.64. The van der Waals surface area contributed by atoms with Gasteiger partial charge in [0.2, 0.25) is 0 Å². The molecule has 0 unspecified atom stereocenters. The van der Waals surface area contributed by atoms with Crippen LogP contribution in [-0.4, -0.2) is 6.61 Å². The van der Waals surface area contributed by atoms with Crippen molar-refractivity contribution in [1.82, 2.24) is 0 Å². The maximum absolute atomic E-state index is 5.46. The van der Waals surface area contributed by atoms with Crippen LogP contribution in [0.3, 0.4) is 0 Å². The van der Waals surface area contributed by atoms with E-state index in [2.05, 4.69) is 47.7 Å². The van der Waals surface area contributed by atoms with Crippen molar-refractivity contribution in [1.29, 1.82) is 0 Å². The summed E-state index contributed by atoms with van der Waals surface area (Å²) >= 11 is 2.32. The summed E-state index contributed by atoms with van der Waals surface area (Å²) in [5.41, 5.74) is 1.40. The number of rotatable bonds is 4. The second-order valence-electron chi connectivity index (χ2n) is 2.95. The first-order valence-corrected chi connectivity index (χ1v) is 5.77.